The van der Waals surface area contributed by atoms with Gasteiger partial charge in [0.25, 0.3) is 11.5 Å². The molecule has 5 aromatic heterocycles. The van der Waals surface area contributed by atoms with Crippen molar-refractivity contribution < 1.29 is 19.1 Å². The summed E-state index contributed by atoms with van der Waals surface area (Å²) in [6, 6.07) is 15.7. The number of thiazole rings is 1. The molecule has 0 bridgehead atoms. The van der Waals surface area contributed by atoms with Gasteiger partial charge in [-0.2, -0.15) is 0 Å². The molecule has 0 radical (unpaired) electrons. The molecule has 2 fully saturated rings. The van der Waals surface area contributed by atoms with Crippen molar-refractivity contribution in [2.75, 3.05) is 26.2 Å². The lowest BCUT2D eigenvalue weighted by atomic mass is 9.79. The summed E-state index contributed by atoms with van der Waals surface area (Å²) >= 11 is 2.82. The van der Waals surface area contributed by atoms with E-state index in [1.54, 1.807) is 24.1 Å². The Morgan fingerprint density at radius 3 is 2.54 bits per heavy atom. The fourth-order valence-corrected chi connectivity index (χ4v) is 9.46. The Kier molecular flexibility index (Phi) is 9.10. The van der Waals surface area contributed by atoms with E-state index in [4.69, 9.17) is 9.40 Å². The largest absolute Gasteiger partial charge is 0.472 e. The van der Waals surface area contributed by atoms with Crippen molar-refractivity contribution in [1.82, 2.24) is 29.3 Å². The van der Waals surface area contributed by atoms with Crippen LogP contribution in [0.15, 0.2) is 88.2 Å². The second-order valence-electron chi connectivity index (χ2n) is 13.9. The molecule has 1 N–H and O–H groups in total. The van der Waals surface area contributed by atoms with Gasteiger partial charge in [-0.05, 0) is 56.9 Å². The van der Waals surface area contributed by atoms with Crippen LogP contribution in [0.1, 0.15) is 51.8 Å². The number of carbonyl (C=O) groups excluding carboxylic acids is 2. The van der Waals surface area contributed by atoms with Crippen LogP contribution in [0, 0.1) is 19.8 Å². The Bertz CT molecular complexity index is 2290. The molecule has 0 aliphatic carbocycles. The summed E-state index contributed by atoms with van der Waals surface area (Å²) in [6.07, 6.45) is 7.71. The number of hydrogen-bond acceptors (Lipinski definition) is 10. The van der Waals surface area contributed by atoms with Crippen molar-refractivity contribution in [2.45, 2.75) is 51.2 Å². The van der Waals surface area contributed by atoms with E-state index in [1.165, 1.54) is 33.6 Å². The number of rotatable bonds is 7. The first-order valence-corrected chi connectivity index (χ1v) is 19.1. The van der Waals surface area contributed by atoms with Crippen molar-refractivity contribution in [1.29, 1.82) is 0 Å². The molecule has 2 aliphatic heterocycles. The molecule has 6 aromatic rings. The molecule has 2 amide bonds. The molecule has 11 nitrogen and oxygen atoms in total. The van der Waals surface area contributed by atoms with Gasteiger partial charge in [0.05, 0.1) is 52.5 Å². The number of furan rings is 1. The Morgan fingerprint density at radius 1 is 1.00 bits per heavy atom. The highest BCUT2D eigenvalue weighted by Crippen LogP contribution is 2.38. The third-order valence-electron chi connectivity index (χ3n) is 10.4. The smallest absolute Gasteiger partial charge is 0.265 e. The van der Waals surface area contributed by atoms with E-state index < -0.39 is 5.60 Å². The molecule has 2 aliphatic rings. The van der Waals surface area contributed by atoms with Gasteiger partial charge in [-0.15, -0.1) is 22.7 Å². The van der Waals surface area contributed by atoms with Crippen molar-refractivity contribution >= 4 is 45.4 Å². The summed E-state index contributed by atoms with van der Waals surface area (Å²) in [5.41, 5.74) is 3.63. The Balaban J connectivity index is 0.955. The zero-order valence-electron chi connectivity index (χ0n) is 28.9. The van der Waals surface area contributed by atoms with Gasteiger partial charge >= 0.3 is 0 Å². The zero-order chi connectivity index (χ0) is 36.0. The highest BCUT2D eigenvalue weighted by atomic mass is 32.1. The number of aryl methyl sites for hydroxylation is 2. The maximum absolute atomic E-state index is 14.2. The van der Waals surface area contributed by atoms with E-state index in [0.717, 1.165) is 32.3 Å². The molecule has 0 unspecified atom stereocenters. The summed E-state index contributed by atoms with van der Waals surface area (Å²) in [5, 5.41) is 14.7. The van der Waals surface area contributed by atoms with Gasteiger partial charge in [-0.1, -0.05) is 30.3 Å². The molecule has 266 valence electrons. The van der Waals surface area contributed by atoms with Crippen LogP contribution in [-0.2, 0) is 11.3 Å². The quantitative estimate of drug-likeness (QED) is 0.206. The number of nitrogens with zero attached hydrogens (tertiary/aromatic N) is 6. The monoisotopic (exact) mass is 734 g/mol. The molecule has 7 heterocycles. The average molecular weight is 735 g/mol. The first-order chi connectivity index (χ1) is 25.2. The Hall–Kier alpha value is -4.98. The predicted octanol–water partition coefficient (Wildman–Crippen LogP) is 6.15. The SMILES string of the molecule is Cc1ccc(-c2nc(C)c(C(=O)N3CC[C@@H](C(=O)N4CCC(O)(Cn5cnc6c(-c7ccoc7)scc6c5=O)CC4)[C@H](c4ccccc4)C3)s2)cn1. The minimum Gasteiger partial charge on any atom is -0.472 e. The number of carbonyl (C=O) groups is 2. The van der Waals surface area contributed by atoms with Crippen molar-refractivity contribution in [3.63, 3.8) is 0 Å². The highest BCUT2D eigenvalue weighted by Gasteiger charge is 2.42. The molecular formula is C39H38N6O5S2. The predicted molar refractivity (Wildman–Crippen MR) is 200 cm³/mol. The van der Waals surface area contributed by atoms with Crippen molar-refractivity contribution in [2.24, 2.45) is 5.92 Å². The van der Waals surface area contributed by atoms with Gasteiger partial charge in [-0.25, -0.2) is 9.97 Å². The lowest BCUT2D eigenvalue weighted by molar-refractivity contribution is -0.142. The summed E-state index contributed by atoms with van der Waals surface area (Å²) < 4.78 is 6.70. The topological polar surface area (TPSA) is 135 Å². The summed E-state index contributed by atoms with van der Waals surface area (Å²) in [4.78, 5) is 60.5. The van der Waals surface area contributed by atoms with Crippen LogP contribution < -0.4 is 5.56 Å². The van der Waals surface area contributed by atoms with Crippen LogP contribution in [0.5, 0.6) is 0 Å². The second-order valence-corrected chi connectivity index (χ2v) is 15.7. The number of likely N-dealkylation sites (tertiary alicyclic amines) is 2. The molecule has 1 aromatic carbocycles. The van der Waals surface area contributed by atoms with Crippen molar-refractivity contribution in [3.05, 3.63) is 111 Å². The first-order valence-electron chi connectivity index (χ1n) is 17.4. The van der Waals surface area contributed by atoms with Crippen LogP contribution in [0.2, 0.25) is 0 Å². The number of aliphatic hydroxyl groups is 1. The van der Waals surface area contributed by atoms with Gasteiger partial charge in [-0.3, -0.25) is 23.9 Å². The van der Waals surface area contributed by atoms with Gasteiger partial charge in [0.15, 0.2) is 0 Å². The Labute approximate surface area is 308 Å². The van der Waals surface area contributed by atoms with Crippen molar-refractivity contribution in [3.8, 4) is 21.0 Å². The van der Waals surface area contributed by atoms with E-state index >= 15 is 0 Å². The van der Waals surface area contributed by atoms with E-state index in [1.807, 2.05) is 72.2 Å². The van der Waals surface area contributed by atoms with Crippen LogP contribution in [-0.4, -0.2) is 78.0 Å². The minimum atomic E-state index is -1.16. The lowest BCUT2D eigenvalue weighted by Gasteiger charge is -2.43. The van der Waals surface area contributed by atoms with Crippen LogP contribution in [0.25, 0.3) is 31.9 Å². The number of pyridine rings is 1. The number of thiophene rings is 1. The molecule has 0 saturated carbocycles. The first kappa shape index (κ1) is 34.1. The Morgan fingerprint density at radius 2 is 1.81 bits per heavy atom. The highest BCUT2D eigenvalue weighted by molar-refractivity contribution is 7.17. The minimum absolute atomic E-state index is 0.0384. The molecule has 13 heteroatoms. The van der Waals surface area contributed by atoms with E-state index in [2.05, 4.69) is 9.97 Å². The summed E-state index contributed by atoms with van der Waals surface area (Å²) in [6.45, 7) is 5.52. The van der Waals surface area contributed by atoms with Gasteiger partial charge in [0.2, 0.25) is 5.91 Å². The number of benzene rings is 1. The van der Waals surface area contributed by atoms with Gasteiger partial charge < -0.3 is 19.3 Å². The standard InChI is InChI=1S/C39H38N6O5S2/c1-24-8-9-27(18-40-24)35-42-25(2)33(52-35)38(48)44-14-10-29(30(19-44)26-6-4-3-5-7-26)36(46)43-15-12-39(49,13-16-43)22-45-23-41-32-31(37(45)47)21-51-34(32)28-11-17-50-20-28/h3-9,11,17-18,20-21,23,29-30,49H,10,12-16,19,22H2,1-2H3/t29-,30+/m1/s1. The van der Waals surface area contributed by atoms with Gasteiger partial charge in [0.1, 0.15) is 9.88 Å². The molecule has 0 spiro atoms. The fourth-order valence-electron chi connectivity index (χ4n) is 7.46. The number of aromatic nitrogens is 4. The normalized spacial score (nSPS) is 18.9. The van der Waals surface area contributed by atoms with Gasteiger partial charge in [0, 0.05) is 66.4 Å². The third-order valence-corrected chi connectivity index (χ3v) is 12.6. The number of hydrogen-bond donors (Lipinski definition) is 1. The maximum atomic E-state index is 14.2. The number of amides is 2. The molecular weight excluding hydrogens is 697 g/mol. The summed E-state index contributed by atoms with van der Waals surface area (Å²) in [7, 11) is 0. The molecule has 2 atom stereocenters. The van der Waals surface area contributed by atoms with E-state index in [0.29, 0.717) is 66.9 Å². The van der Waals surface area contributed by atoms with E-state index in [-0.39, 0.29) is 35.8 Å². The van der Waals surface area contributed by atoms with E-state index in [9.17, 15) is 19.5 Å². The molecule has 8 rings (SSSR count). The fraction of sp³-hybridized carbons (Fsp3) is 0.333. The maximum Gasteiger partial charge on any atom is 0.265 e. The lowest BCUT2D eigenvalue weighted by Crippen LogP contribution is -2.53. The van der Waals surface area contributed by atoms with Crippen LogP contribution in [0.3, 0.4) is 0 Å². The zero-order valence-corrected chi connectivity index (χ0v) is 30.5. The molecule has 52 heavy (non-hydrogen) atoms. The summed E-state index contributed by atoms with van der Waals surface area (Å²) in [5.74, 6) is -0.530. The van der Waals surface area contributed by atoms with Crippen LogP contribution >= 0.6 is 22.7 Å². The number of fused-ring (bicyclic) bond motifs is 1. The molecule has 2 saturated heterocycles. The average Bonchev–Trinajstić information content (AvgIpc) is 3.94. The second kappa shape index (κ2) is 13.9. The number of piperidine rings is 2. The third kappa shape index (κ3) is 6.48. The van der Waals surface area contributed by atoms with Crippen LogP contribution in [0.4, 0.5) is 0 Å².